The van der Waals surface area contributed by atoms with Gasteiger partial charge in [0.25, 0.3) is 0 Å². The normalized spacial score (nSPS) is 15.1. The van der Waals surface area contributed by atoms with Crippen LogP contribution in [0.4, 0.5) is 4.39 Å². The molecular weight excluding hydrogens is 458 g/mol. The number of rotatable bonds is 7. The van der Waals surface area contributed by atoms with E-state index >= 15 is 0 Å². The first-order chi connectivity index (χ1) is 15.4. The van der Waals surface area contributed by atoms with E-state index in [4.69, 9.17) is 32.4 Å². The van der Waals surface area contributed by atoms with Crippen molar-refractivity contribution >= 4 is 45.9 Å². The molecule has 0 bridgehead atoms. The largest absolute Gasteiger partial charge is 0.486 e. The third-order valence-corrected chi connectivity index (χ3v) is 5.93. The van der Waals surface area contributed by atoms with E-state index in [9.17, 15) is 14.0 Å². The molecule has 0 radical (unpaired) electrons. The summed E-state index contributed by atoms with van der Waals surface area (Å²) in [4.78, 5) is 24.7. The molecule has 0 spiro atoms. The molecule has 1 aliphatic rings. The number of nitrogens with one attached hydrogen (secondary N) is 1. The van der Waals surface area contributed by atoms with Gasteiger partial charge in [-0.3, -0.25) is 15.0 Å². The summed E-state index contributed by atoms with van der Waals surface area (Å²) in [6.07, 6.45) is 1.90. The maximum Gasteiger partial charge on any atom is 0.301 e. The molecule has 1 saturated heterocycles. The van der Waals surface area contributed by atoms with Crippen LogP contribution in [0.2, 0.25) is 10.0 Å². The van der Waals surface area contributed by atoms with Gasteiger partial charge in [0, 0.05) is 36.0 Å². The van der Waals surface area contributed by atoms with Gasteiger partial charge < -0.3 is 9.15 Å². The van der Waals surface area contributed by atoms with E-state index in [1.165, 1.54) is 12.1 Å². The van der Waals surface area contributed by atoms with Crippen LogP contribution in [0, 0.1) is 11.7 Å². The standard InChI is InChI=1S/C23H21Cl2FN2O4/c24-16-1-4-21-15(10-16)11-22(32-21)23(30)27-28-7-5-14(6-8-28)9-17(29)13-31-18-2-3-19(25)20(26)12-18/h1-4,10-12,14H,5-9,13H2,(H,27,30). The van der Waals surface area contributed by atoms with Crippen LogP contribution in [0.1, 0.15) is 29.8 Å². The van der Waals surface area contributed by atoms with Crippen LogP contribution < -0.4 is 10.2 Å². The lowest BCUT2D eigenvalue weighted by Gasteiger charge is -2.31. The third kappa shape index (κ3) is 5.59. The average molecular weight is 479 g/mol. The number of fused-ring (bicyclic) bond motifs is 1. The fourth-order valence-electron chi connectivity index (χ4n) is 3.69. The molecular formula is C23H21Cl2FN2O4. The molecule has 32 heavy (non-hydrogen) atoms. The Bertz CT molecular complexity index is 1140. The van der Waals surface area contributed by atoms with Crippen molar-refractivity contribution in [3.63, 3.8) is 0 Å². The number of piperidine rings is 1. The molecule has 168 valence electrons. The second-order valence-electron chi connectivity index (χ2n) is 7.77. The van der Waals surface area contributed by atoms with Crippen molar-refractivity contribution in [3.05, 3.63) is 64.1 Å². The minimum atomic E-state index is -0.586. The summed E-state index contributed by atoms with van der Waals surface area (Å²) >= 11 is 11.6. The summed E-state index contributed by atoms with van der Waals surface area (Å²) in [7, 11) is 0. The van der Waals surface area contributed by atoms with E-state index in [1.807, 2.05) is 5.01 Å². The number of hydrazine groups is 1. The number of hydrogen-bond acceptors (Lipinski definition) is 5. The minimum absolute atomic E-state index is 0.00671. The highest BCUT2D eigenvalue weighted by atomic mass is 35.5. The van der Waals surface area contributed by atoms with Crippen molar-refractivity contribution in [2.45, 2.75) is 19.3 Å². The van der Waals surface area contributed by atoms with Crippen LogP contribution in [0.25, 0.3) is 11.0 Å². The molecule has 9 heteroatoms. The Labute approximate surface area is 194 Å². The molecule has 0 atom stereocenters. The number of hydrogen-bond donors (Lipinski definition) is 1. The molecule has 1 N–H and O–H groups in total. The summed E-state index contributed by atoms with van der Waals surface area (Å²) in [6.45, 7) is 1.13. The van der Waals surface area contributed by atoms with E-state index in [0.717, 1.165) is 24.3 Å². The molecule has 4 rings (SSSR count). The second-order valence-corrected chi connectivity index (χ2v) is 8.62. The first-order valence-corrected chi connectivity index (χ1v) is 11.0. The molecule has 3 aromatic rings. The van der Waals surface area contributed by atoms with Gasteiger partial charge in [0.15, 0.2) is 11.5 Å². The second kappa shape index (κ2) is 9.90. The minimum Gasteiger partial charge on any atom is -0.486 e. The van der Waals surface area contributed by atoms with Crippen LogP contribution >= 0.6 is 23.2 Å². The smallest absolute Gasteiger partial charge is 0.301 e. The lowest BCUT2D eigenvalue weighted by molar-refractivity contribution is -0.122. The number of ether oxygens (including phenoxy) is 1. The molecule has 0 saturated carbocycles. The molecule has 0 unspecified atom stereocenters. The van der Waals surface area contributed by atoms with Gasteiger partial charge in [0.2, 0.25) is 0 Å². The van der Waals surface area contributed by atoms with Crippen LogP contribution in [-0.4, -0.2) is 36.4 Å². The SMILES string of the molecule is O=C(COc1ccc(Cl)c(F)c1)CC1CCN(NC(=O)c2cc3cc(Cl)ccc3o2)CC1. The molecule has 2 heterocycles. The van der Waals surface area contributed by atoms with Crippen molar-refractivity contribution in [1.82, 2.24) is 10.4 Å². The van der Waals surface area contributed by atoms with Crippen molar-refractivity contribution in [1.29, 1.82) is 0 Å². The summed E-state index contributed by atoms with van der Waals surface area (Å²) in [5.41, 5.74) is 3.45. The quantitative estimate of drug-likeness (QED) is 0.500. The number of furan rings is 1. The van der Waals surface area contributed by atoms with Gasteiger partial charge in [0.1, 0.15) is 23.8 Å². The molecule has 1 amide bonds. The molecule has 1 aliphatic heterocycles. The van der Waals surface area contributed by atoms with Gasteiger partial charge in [-0.25, -0.2) is 9.40 Å². The molecule has 6 nitrogen and oxygen atoms in total. The van der Waals surface area contributed by atoms with Crippen LogP contribution in [-0.2, 0) is 4.79 Å². The highest BCUT2D eigenvalue weighted by molar-refractivity contribution is 6.31. The van der Waals surface area contributed by atoms with Crippen molar-refractivity contribution in [3.8, 4) is 5.75 Å². The van der Waals surface area contributed by atoms with Crippen LogP contribution in [0.15, 0.2) is 46.9 Å². The maximum atomic E-state index is 13.4. The van der Waals surface area contributed by atoms with Gasteiger partial charge in [-0.2, -0.15) is 0 Å². The van der Waals surface area contributed by atoms with E-state index in [2.05, 4.69) is 5.43 Å². The number of nitrogens with zero attached hydrogens (tertiary/aromatic N) is 1. The highest BCUT2D eigenvalue weighted by Gasteiger charge is 2.24. The maximum absolute atomic E-state index is 13.4. The number of halogens is 3. The first kappa shape index (κ1) is 22.6. The van der Waals surface area contributed by atoms with Gasteiger partial charge in [-0.1, -0.05) is 23.2 Å². The van der Waals surface area contributed by atoms with Crippen molar-refractivity contribution < 1.29 is 23.1 Å². The lowest BCUT2D eigenvalue weighted by atomic mass is 9.92. The van der Waals surface area contributed by atoms with E-state index in [0.29, 0.717) is 30.1 Å². The highest BCUT2D eigenvalue weighted by Crippen LogP contribution is 2.24. The lowest BCUT2D eigenvalue weighted by Crippen LogP contribution is -2.46. The van der Waals surface area contributed by atoms with E-state index in [-0.39, 0.29) is 40.7 Å². The number of amides is 1. The van der Waals surface area contributed by atoms with Gasteiger partial charge in [-0.05, 0) is 55.2 Å². The van der Waals surface area contributed by atoms with Crippen molar-refractivity contribution in [2.75, 3.05) is 19.7 Å². The average Bonchev–Trinajstić information content (AvgIpc) is 3.19. The van der Waals surface area contributed by atoms with Crippen molar-refractivity contribution in [2.24, 2.45) is 5.92 Å². The van der Waals surface area contributed by atoms with E-state index < -0.39 is 5.82 Å². The van der Waals surface area contributed by atoms with Crippen LogP contribution in [0.5, 0.6) is 5.75 Å². The summed E-state index contributed by atoms with van der Waals surface area (Å²) in [6, 6.07) is 10.9. The Morgan fingerprint density at radius 3 is 2.66 bits per heavy atom. The van der Waals surface area contributed by atoms with Gasteiger partial charge >= 0.3 is 5.91 Å². The Hall–Kier alpha value is -2.61. The summed E-state index contributed by atoms with van der Waals surface area (Å²) < 4.78 is 24.4. The van der Waals surface area contributed by atoms with E-state index in [1.54, 1.807) is 24.3 Å². The zero-order valence-electron chi connectivity index (χ0n) is 17.1. The summed E-state index contributed by atoms with van der Waals surface area (Å²) in [5.74, 6) is -0.271. The number of ketones is 1. The Balaban J connectivity index is 1.21. The monoisotopic (exact) mass is 478 g/mol. The topological polar surface area (TPSA) is 71.8 Å². The van der Waals surface area contributed by atoms with Gasteiger partial charge in [-0.15, -0.1) is 0 Å². The zero-order chi connectivity index (χ0) is 22.7. The summed E-state index contributed by atoms with van der Waals surface area (Å²) in [5, 5.41) is 3.18. The number of benzene rings is 2. The molecule has 1 fully saturated rings. The predicted molar refractivity (Wildman–Crippen MR) is 120 cm³/mol. The number of Topliss-reactive ketones (excluding diaryl/α,β-unsaturated/α-hetero) is 1. The molecule has 1 aromatic heterocycles. The van der Waals surface area contributed by atoms with Gasteiger partial charge in [0.05, 0.1) is 5.02 Å². The number of carbonyl (C=O) groups excluding carboxylic acids is 2. The Kier molecular flexibility index (Phi) is 6.98. The first-order valence-electron chi connectivity index (χ1n) is 10.2. The third-order valence-electron chi connectivity index (χ3n) is 5.38. The van der Waals surface area contributed by atoms with Crippen LogP contribution in [0.3, 0.4) is 0 Å². The molecule has 2 aromatic carbocycles. The predicted octanol–water partition coefficient (Wildman–Crippen LogP) is 5.27. The Morgan fingerprint density at radius 2 is 1.91 bits per heavy atom. The fourth-order valence-corrected chi connectivity index (χ4v) is 3.98. The zero-order valence-corrected chi connectivity index (χ0v) is 18.6. The Morgan fingerprint density at radius 1 is 1.12 bits per heavy atom. The fraction of sp³-hybridized carbons (Fsp3) is 0.304. The number of carbonyl (C=O) groups is 2. The molecule has 0 aliphatic carbocycles.